The Morgan fingerprint density at radius 3 is 2.56 bits per heavy atom. The van der Waals surface area contributed by atoms with E-state index < -0.39 is 0 Å². The molecule has 2 aromatic heterocycles. The molecule has 0 saturated carbocycles. The Labute approximate surface area is 153 Å². The van der Waals surface area contributed by atoms with Crippen molar-refractivity contribution < 1.29 is 9.18 Å². The second-order valence-electron chi connectivity index (χ2n) is 6.43. The van der Waals surface area contributed by atoms with E-state index in [1.807, 2.05) is 0 Å². The summed E-state index contributed by atoms with van der Waals surface area (Å²) < 4.78 is 14.6. The highest BCUT2D eigenvalue weighted by Crippen LogP contribution is 2.20. The Morgan fingerprint density at radius 1 is 1.04 bits per heavy atom. The van der Waals surface area contributed by atoms with Crippen molar-refractivity contribution in [2.75, 3.05) is 6.54 Å². The van der Waals surface area contributed by atoms with E-state index in [2.05, 4.69) is 4.98 Å². The molecule has 136 valence electrons. The number of benzene rings is 1. The van der Waals surface area contributed by atoms with E-state index in [9.17, 15) is 18.8 Å². The highest BCUT2D eigenvalue weighted by atomic mass is 19.1. The Hall–Kier alpha value is -3.48. The van der Waals surface area contributed by atoms with Gasteiger partial charge in [-0.15, -0.1) is 0 Å². The van der Waals surface area contributed by atoms with E-state index in [1.165, 1.54) is 41.1 Å². The van der Waals surface area contributed by atoms with Crippen LogP contribution in [0.2, 0.25) is 0 Å². The van der Waals surface area contributed by atoms with Gasteiger partial charge in [-0.05, 0) is 47.9 Å². The number of nitrogens with zero attached hydrogens (tertiary/aromatic N) is 2. The zero-order valence-electron chi connectivity index (χ0n) is 14.3. The third-order valence-corrected chi connectivity index (χ3v) is 4.66. The van der Waals surface area contributed by atoms with E-state index in [1.54, 1.807) is 23.2 Å². The quantitative estimate of drug-likeness (QED) is 0.753. The van der Waals surface area contributed by atoms with Gasteiger partial charge in [0.15, 0.2) is 0 Å². The van der Waals surface area contributed by atoms with Gasteiger partial charge in [0.05, 0.1) is 0 Å². The molecule has 1 aliphatic heterocycles. The Morgan fingerprint density at radius 2 is 1.81 bits per heavy atom. The molecule has 3 aromatic rings. The number of hydrogen-bond donors (Lipinski definition) is 1. The number of hydrogen-bond acceptors (Lipinski definition) is 3. The first-order valence-corrected chi connectivity index (χ1v) is 8.50. The lowest BCUT2D eigenvalue weighted by Gasteiger charge is -2.29. The van der Waals surface area contributed by atoms with Crippen molar-refractivity contribution in [1.82, 2.24) is 14.5 Å². The normalized spacial score (nSPS) is 13.3. The highest BCUT2D eigenvalue weighted by molar-refractivity contribution is 5.94. The monoisotopic (exact) mass is 365 g/mol. The van der Waals surface area contributed by atoms with Gasteiger partial charge in [0.2, 0.25) is 5.56 Å². The zero-order chi connectivity index (χ0) is 19.0. The van der Waals surface area contributed by atoms with Crippen molar-refractivity contribution >= 4 is 5.91 Å². The lowest BCUT2D eigenvalue weighted by atomic mass is 10.0. The number of pyridine rings is 2. The molecule has 0 bridgehead atoms. The molecular formula is C20H16FN3O3. The first-order chi connectivity index (χ1) is 13.0. The van der Waals surface area contributed by atoms with Crippen LogP contribution in [0.3, 0.4) is 0 Å². The molecule has 1 aromatic carbocycles. The van der Waals surface area contributed by atoms with Gasteiger partial charge in [-0.2, -0.15) is 0 Å². The van der Waals surface area contributed by atoms with E-state index in [0.717, 1.165) is 11.1 Å². The minimum atomic E-state index is -0.376. The number of aromatic nitrogens is 2. The van der Waals surface area contributed by atoms with Gasteiger partial charge < -0.3 is 9.88 Å². The summed E-state index contributed by atoms with van der Waals surface area (Å²) >= 11 is 0. The summed E-state index contributed by atoms with van der Waals surface area (Å²) in [4.78, 5) is 40.7. The predicted molar refractivity (Wildman–Crippen MR) is 97.5 cm³/mol. The highest BCUT2D eigenvalue weighted by Gasteiger charge is 2.23. The third-order valence-electron chi connectivity index (χ3n) is 4.66. The molecule has 1 aliphatic rings. The minimum absolute atomic E-state index is 0.199. The number of H-pyrrole nitrogens is 1. The number of aromatic amines is 1. The first kappa shape index (κ1) is 17.0. The molecule has 6 nitrogen and oxygen atoms in total. The van der Waals surface area contributed by atoms with Crippen molar-refractivity contribution in [3.05, 3.63) is 98.1 Å². The van der Waals surface area contributed by atoms with Gasteiger partial charge in [-0.25, -0.2) is 4.39 Å². The van der Waals surface area contributed by atoms with Gasteiger partial charge in [-0.3, -0.25) is 19.0 Å². The van der Waals surface area contributed by atoms with Crippen LogP contribution in [0.1, 0.15) is 21.5 Å². The van der Waals surface area contributed by atoms with E-state index in [0.29, 0.717) is 30.8 Å². The molecule has 0 aliphatic carbocycles. The summed E-state index contributed by atoms with van der Waals surface area (Å²) in [5.41, 5.74) is 2.10. The zero-order valence-corrected chi connectivity index (χ0v) is 14.3. The summed E-state index contributed by atoms with van der Waals surface area (Å²) in [6.07, 6.45) is 3.70. The molecule has 7 heteroatoms. The SMILES string of the molecule is O=C(c1cc[nH]c(=O)c1)N1CCc2cc(=O)n(-c3ccc(F)cc3)cc2C1. The Kier molecular flexibility index (Phi) is 4.19. The number of carbonyl (C=O) groups excluding carboxylic acids is 1. The molecule has 0 saturated heterocycles. The minimum Gasteiger partial charge on any atom is -0.334 e. The van der Waals surface area contributed by atoms with Crippen molar-refractivity contribution in [3.63, 3.8) is 0 Å². The fourth-order valence-electron chi connectivity index (χ4n) is 3.27. The van der Waals surface area contributed by atoms with Crippen LogP contribution in [0.4, 0.5) is 4.39 Å². The fourth-order valence-corrected chi connectivity index (χ4v) is 3.27. The van der Waals surface area contributed by atoms with E-state index >= 15 is 0 Å². The topological polar surface area (TPSA) is 75.2 Å². The van der Waals surface area contributed by atoms with Gasteiger partial charge in [0, 0.05) is 48.9 Å². The summed E-state index contributed by atoms with van der Waals surface area (Å²) in [5.74, 6) is -0.606. The summed E-state index contributed by atoms with van der Waals surface area (Å²) in [5, 5.41) is 0. The predicted octanol–water partition coefficient (Wildman–Crippen LogP) is 1.86. The smallest absolute Gasteiger partial charge is 0.255 e. The van der Waals surface area contributed by atoms with Gasteiger partial charge in [-0.1, -0.05) is 0 Å². The third kappa shape index (κ3) is 3.31. The lowest BCUT2D eigenvalue weighted by molar-refractivity contribution is 0.0734. The number of nitrogens with one attached hydrogen (secondary N) is 1. The largest absolute Gasteiger partial charge is 0.334 e. The Bertz CT molecular complexity index is 1130. The van der Waals surface area contributed by atoms with Gasteiger partial charge in [0.1, 0.15) is 5.82 Å². The van der Waals surface area contributed by atoms with Crippen molar-refractivity contribution in [2.45, 2.75) is 13.0 Å². The van der Waals surface area contributed by atoms with Crippen LogP contribution in [0.5, 0.6) is 0 Å². The van der Waals surface area contributed by atoms with Crippen LogP contribution in [0.25, 0.3) is 5.69 Å². The average molecular weight is 365 g/mol. The van der Waals surface area contributed by atoms with Crippen molar-refractivity contribution in [3.8, 4) is 5.69 Å². The van der Waals surface area contributed by atoms with Crippen LogP contribution in [-0.4, -0.2) is 26.9 Å². The second-order valence-corrected chi connectivity index (χ2v) is 6.43. The number of rotatable bonds is 2. The van der Waals surface area contributed by atoms with Gasteiger partial charge >= 0.3 is 0 Å². The average Bonchev–Trinajstić information content (AvgIpc) is 2.67. The molecule has 0 unspecified atom stereocenters. The number of carbonyl (C=O) groups is 1. The number of halogens is 1. The van der Waals surface area contributed by atoms with Gasteiger partial charge in [0.25, 0.3) is 11.5 Å². The number of amides is 1. The Balaban J connectivity index is 1.66. The summed E-state index contributed by atoms with van der Waals surface area (Å²) in [6.45, 7) is 0.807. The lowest BCUT2D eigenvalue weighted by Crippen LogP contribution is -2.37. The maximum atomic E-state index is 13.1. The standard InChI is InChI=1S/C20H16FN3O3/c21-16-1-3-17(4-2-16)24-12-15-11-23(8-6-13(15)10-19(24)26)20(27)14-5-7-22-18(25)9-14/h1-5,7,9-10,12H,6,8,11H2,(H,22,25). The number of fused-ring (bicyclic) bond motifs is 1. The molecule has 27 heavy (non-hydrogen) atoms. The molecule has 0 radical (unpaired) electrons. The summed E-state index contributed by atoms with van der Waals surface area (Å²) in [7, 11) is 0. The van der Waals surface area contributed by atoms with Crippen LogP contribution in [-0.2, 0) is 13.0 Å². The molecule has 0 fully saturated rings. The summed E-state index contributed by atoms with van der Waals surface area (Å²) in [6, 6.07) is 10.1. The maximum Gasteiger partial charge on any atom is 0.255 e. The first-order valence-electron chi connectivity index (χ1n) is 8.50. The van der Waals surface area contributed by atoms with Crippen LogP contribution in [0.15, 0.2) is 64.4 Å². The van der Waals surface area contributed by atoms with Crippen LogP contribution >= 0.6 is 0 Å². The molecule has 1 N–H and O–H groups in total. The fraction of sp³-hybridized carbons (Fsp3) is 0.150. The van der Waals surface area contributed by atoms with Crippen LogP contribution in [0, 0.1) is 5.82 Å². The molecule has 1 amide bonds. The second kappa shape index (κ2) is 6.68. The molecule has 3 heterocycles. The molecule has 0 atom stereocenters. The molecule has 0 spiro atoms. The van der Waals surface area contributed by atoms with Crippen LogP contribution < -0.4 is 11.1 Å². The van der Waals surface area contributed by atoms with E-state index in [4.69, 9.17) is 0 Å². The maximum absolute atomic E-state index is 13.1. The molecular weight excluding hydrogens is 349 g/mol. The van der Waals surface area contributed by atoms with Crippen molar-refractivity contribution in [2.24, 2.45) is 0 Å². The molecule has 4 rings (SSSR count). The van der Waals surface area contributed by atoms with E-state index in [-0.39, 0.29) is 22.8 Å². The van der Waals surface area contributed by atoms with Crippen molar-refractivity contribution in [1.29, 1.82) is 0 Å².